The molecule has 1 heterocycles. The van der Waals surface area contributed by atoms with Gasteiger partial charge in [-0.2, -0.15) is 0 Å². The topological polar surface area (TPSA) is 176 Å². The molecule has 184 valence electrons. The van der Waals surface area contributed by atoms with Crippen molar-refractivity contribution in [1.82, 2.24) is 31.2 Å². The second-order valence-corrected chi connectivity index (χ2v) is 7.44. The van der Waals surface area contributed by atoms with Gasteiger partial charge in [0.05, 0.1) is 24.3 Å². The van der Waals surface area contributed by atoms with Crippen molar-refractivity contribution < 1.29 is 33.8 Å². The number of rotatable bonds is 13. The number of nitrogens with zero attached hydrogens (tertiary/aromatic N) is 3. The van der Waals surface area contributed by atoms with Gasteiger partial charge in [0.2, 0.25) is 5.91 Å². The van der Waals surface area contributed by atoms with E-state index < -0.39 is 43.0 Å². The molecule has 0 radical (unpaired) electrons. The van der Waals surface area contributed by atoms with Crippen LogP contribution in [-0.2, 0) is 27.2 Å². The molecule has 0 spiro atoms. The maximum atomic E-state index is 12.3. The molecular formula is C21H27FN6O6. The first-order valence-corrected chi connectivity index (χ1v) is 10.6. The van der Waals surface area contributed by atoms with Gasteiger partial charge in [0.25, 0.3) is 0 Å². The van der Waals surface area contributed by atoms with Crippen molar-refractivity contribution in [2.45, 2.75) is 51.0 Å². The minimum absolute atomic E-state index is 0.115. The Morgan fingerprint density at radius 2 is 1.74 bits per heavy atom. The summed E-state index contributed by atoms with van der Waals surface area (Å²) in [6, 6.07) is 5.16. The molecule has 1 atom stereocenters. The van der Waals surface area contributed by atoms with Gasteiger partial charge in [0.1, 0.15) is 6.04 Å². The van der Waals surface area contributed by atoms with Crippen LogP contribution >= 0.6 is 0 Å². The molecule has 0 unspecified atom stereocenters. The van der Waals surface area contributed by atoms with Crippen LogP contribution in [-0.4, -0.2) is 61.8 Å². The molecule has 2 aromatic rings. The zero-order valence-electron chi connectivity index (χ0n) is 18.4. The largest absolute Gasteiger partial charge is 0.481 e. The van der Waals surface area contributed by atoms with Crippen LogP contribution < -0.4 is 16.2 Å². The van der Waals surface area contributed by atoms with Gasteiger partial charge >= 0.3 is 18.0 Å². The van der Waals surface area contributed by atoms with Gasteiger partial charge in [-0.3, -0.25) is 19.4 Å². The number of carbonyl (C=O) groups is 4. The van der Waals surface area contributed by atoms with E-state index in [2.05, 4.69) is 21.1 Å². The molecule has 0 bridgehead atoms. The number of hydrazine groups is 1. The fraction of sp³-hybridized carbons (Fsp3) is 0.429. The van der Waals surface area contributed by atoms with Gasteiger partial charge < -0.3 is 15.5 Å². The first-order chi connectivity index (χ1) is 16.3. The number of amides is 3. The van der Waals surface area contributed by atoms with Crippen molar-refractivity contribution in [2.75, 3.05) is 6.67 Å². The second kappa shape index (κ2) is 13.5. The van der Waals surface area contributed by atoms with E-state index in [0.29, 0.717) is 31.4 Å². The molecule has 1 aromatic heterocycles. The van der Waals surface area contributed by atoms with E-state index in [1.807, 2.05) is 29.7 Å². The number of benzene rings is 1. The maximum Gasteiger partial charge on any atom is 0.334 e. The monoisotopic (exact) mass is 478 g/mol. The standard InChI is InChI=1S/C21H27FN6O6/c22-12-2-4-15-13-28(27-24-15)16-8-6-14(7-9-16)3-1-5-18(29)25-26-21(34)23-17(20(32)33)10-11-19(30)31/h6-9,13,17H,1-5,10-12H2,(H,25,29)(H,30,31)(H,32,33)(H2,23,26,34)/t17-/m0/s1. The predicted octanol–water partition coefficient (Wildman–Crippen LogP) is 1.14. The van der Waals surface area contributed by atoms with E-state index in [1.165, 1.54) is 0 Å². The summed E-state index contributed by atoms with van der Waals surface area (Å²) in [5.74, 6) is -3.03. The normalized spacial score (nSPS) is 11.4. The molecule has 0 fully saturated rings. The average Bonchev–Trinajstić information content (AvgIpc) is 3.28. The highest BCUT2D eigenvalue weighted by Gasteiger charge is 2.21. The van der Waals surface area contributed by atoms with E-state index >= 15 is 0 Å². The Bertz CT molecular complexity index is 980. The Balaban J connectivity index is 1.70. The molecule has 0 aliphatic carbocycles. The predicted molar refractivity (Wildman–Crippen MR) is 117 cm³/mol. The summed E-state index contributed by atoms with van der Waals surface area (Å²) in [6.07, 6.45) is 3.19. The summed E-state index contributed by atoms with van der Waals surface area (Å²) in [4.78, 5) is 45.2. The van der Waals surface area contributed by atoms with Crippen molar-refractivity contribution in [3.8, 4) is 5.69 Å². The van der Waals surface area contributed by atoms with Gasteiger partial charge in [-0.25, -0.2) is 19.7 Å². The summed E-state index contributed by atoms with van der Waals surface area (Å²) in [6.45, 7) is -0.400. The number of aromatic nitrogens is 3. The summed E-state index contributed by atoms with van der Waals surface area (Å²) in [7, 11) is 0. The highest BCUT2D eigenvalue weighted by molar-refractivity contribution is 5.85. The number of carboxylic acids is 2. The molecule has 2 rings (SSSR count). The third kappa shape index (κ3) is 9.22. The Labute approximate surface area is 194 Å². The highest BCUT2D eigenvalue weighted by Crippen LogP contribution is 2.12. The number of urea groups is 1. The lowest BCUT2D eigenvalue weighted by Crippen LogP contribution is -2.51. The Morgan fingerprint density at radius 3 is 2.38 bits per heavy atom. The van der Waals surface area contributed by atoms with Crippen molar-refractivity contribution in [3.63, 3.8) is 0 Å². The molecule has 0 aliphatic heterocycles. The van der Waals surface area contributed by atoms with E-state index in [4.69, 9.17) is 10.2 Å². The zero-order valence-corrected chi connectivity index (χ0v) is 18.4. The third-order valence-electron chi connectivity index (χ3n) is 4.74. The fourth-order valence-electron chi connectivity index (χ4n) is 2.96. The fourth-order valence-corrected chi connectivity index (χ4v) is 2.96. The van der Waals surface area contributed by atoms with Crippen molar-refractivity contribution in [2.24, 2.45) is 0 Å². The highest BCUT2D eigenvalue weighted by atomic mass is 19.1. The molecular weight excluding hydrogens is 451 g/mol. The minimum Gasteiger partial charge on any atom is -0.481 e. The molecule has 12 nitrogen and oxygen atoms in total. The first-order valence-electron chi connectivity index (χ1n) is 10.6. The third-order valence-corrected chi connectivity index (χ3v) is 4.74. The lowest BCUT2D eigenvalue weighted by Gasteiger charge is -2.14. The van der Waals surface area contributed by atoms with Crippen LogP contribution in [0, 0.1) is 0 Å². The summed E-state index contributed by atoms with van der Waals surface area (Å²) in [5.41, 5.74) is 6.73. The van der Waals surface area contributed by atoms with E-state index in [9.17, 15) is 23.6 Å². The number of nitrogens with one attached hydrogen (secondary N) is 3. The number of alkyl halides is 1. The molecule has 1 aromatic carbocycles. The van der Waals surface area contributed by atoms with Crippen molar-refractivity contribution in [3.05, 3.63) is 41.7 Å². The molecule has 3 amide bonds. The Hall–Kier alpha value is -4.03. The summed E-state index contributed by atoms with van der Waals surface area (Å²) < 4.78 is 13.9. The lowest BCUT2D eigenvalue weighted by atomic mass is 10.1. The number of aryl methyl sites for hydroxylation is 2. The Morgan fingerprint density at radius 1 is 1.00 bits per heavy atom. The van der Waals surface area contributed by atoms with Gasteiger partial charge in [-0.1, -0.05) is 17.3 Å². The number of carboxylic acid groups (broad SMARTS) is 2. The number of hydrogen-bond donors (Lipinski definition) is 5. The number of carbonyl (C=O) groups excluding carboxylic acids is 2. The van der Waals surface area contributed by atoms with Crippen molar-refractivity contribution in [1.29, 1.82) is 0 Å². The quantitative estimate of drug-likeness (QED) is 0.266. The Kier molecular flexibility index (Phi) is 10.4. The second-order valence-electron chi connectivity index (χ2n) is 7.44. The molecule has 0 saturated carbocycles. The molecule has 34 heavy (non-hydrogen) atoms. The minimum atomic E-state index is -1.39. The molecule has 5 N–H and O–H groups in total. The van der Waals surface area contributed by atoms with E-state index in [1.54, 1.807) is 10.9 Å². The van der Waals surface area contributed by atoms with Gasteiger partial charge in [-0.15, -0.1) is 5.10 Å². The molecule has 0 saturated heterocycles. The van der Waals surface area contributed by atoms with Crippen LogP contribution in [0.3, 0.4) is 0 Å². The molecule has 0 aliphatic rings. The van der Waals surface area contributed by atoms with E-state index in [0.717, 1.165) is 11.3 Å². The molecule has 13 heteroatoms. The van der Waals surface area contributed by atoms with Gasteiger partial charge in [0.15, 0.2) is 0 Å². The van der Waals surface area contributed by atoms with Crippen LogP contribution in [0.1, 0.15) is 43.4 Å². The summed E-state index contributed by atoms with van der Waals surface area (Å²) >= 11 is 0. The number of halogens is 1. The lowest BCUT2D eigenvalue weighted by molar-refractivity contribution is -0.140. The van der Waals surface area contributed by atoms with Crippen molar-refractivity contribution >= 4 is 23.9 Å². The van der Waals surface area contributed by atoms with Crippen LogP contribution in [0.25, 0.3) is 5.69 Å². The van der Waals surface area contributed by atoms with Crippen LogP contribution in [0.4, 0.5) is 9.18 Å². The summed E-state index contributed by atoms with van der Waals surface area (Å²) in [5, 5.41) is 27.7. The van der Waals surface area contributed by atoms with Gasteiger partial charge in [-0.05, 0) is 49.8 Å². The zero-order chi connectivity index (χ0) is 24.9. The van der Waals surface area contributed by atoms with E-state index in [-0.39, 0.29) is 12.8 Å². The maximum absolute atomic E-state index is 12.3. The van der Waals surface area contributed by atoms with Gasteiger partial charge in [0, 0.05) is 12.8 Å². The number of hydrogen-bond acceptors (Lipinski definition) is 6. The first kappa shape index (κ1) is 26.2. The SMILES string of the molecule is O=C(O)CC[C@H](NC(=O)NNC(=O)CCCc1ccc(-n2cc(CCCF)nn2)cc1)C(=O)O. The average molecular weight is 478 g/mol. The smallest absolute Gasteiger partial charge is 0.334 e. The van der Waals surface area contributed by atoms with Crippen LogP contribution in [0.5, 0.6) is 0 Å². The number of aliphatic carboxylic acids is 2. The van der Waals surface area contributed by atoms with Crippen LogP contribution in [0.2, 0.25) is 0 Å². The van der Waals surface area contributed by atoms with Crippen LogP contribution in [0.15, 0.2) is 30.5 Å².